The molecule has 0 heterocycles. The first kappa shape index (κ1) is 13.2. The van der Waals surface area contributed by atoms with Gasteiger partial charge < -0.3 is 11.1 Å². The molecule has 0 radical (unpaired) electrons. The predicted molar refractivity (Wildman–Crippen MR) is 75.7 cm³/mol. The summed E-state index contributed by atoms with van der Waals surface area (Å²) in [6.45, 7) is 0.466. The summed E-state index contributed by atoms with van der Waals surface area (Å²) in [7, 11) is 0. The smallest absolute Gasteiger partial charge is 0.248 e. The third-order valence-corrected chi connectivity index (χ3v) is 4.75. The number of rotatable bonds is 4. The van der Waals surface area contributed by atoms with E-state index in [1.807, 2.05) is 6.07 Å². The van der Waals surface area contributed by atoms with Crippen molar-refractivity contribution < 1.29 is 9.59 Å². The highest BCUT2D eigenvalue weighted by atomic mass is 16.2. The Morgan fingerprint density at radius 3 is 2.75 bits per heavy atom. The van der Waals surface area contributed by atoms with Crippen LogP contribution in [0.3, 0.4) is 0 Å². The van der Waals surface area contributed by atoms with Crippen molar-refractivity contribution in [2.24, 2.45) is 23.5 Å². The maximum Gasteiger partial charge on any atom is 0.248 e. The number of benzene rings is 1. The van der Waals surface area contributed by atoms with Crippen LogP contribution in [-0.2, 0) is 11.3 Å². The van der Waals surface area contributed by atoms with E-state index in [2.05, 4.69) is 5.32 Å². The second-order valence-corrected chi connectivity index (χ2v) is 6.06. The summed E-state index contributed by atoms with van der Waals surface area (Å²) in [4.78, 5) is 23.3. The van der Waals surface area contributed by atoms with Gasteiger partial charge in [0, 0.05) is 18.0 Å². The fraction of sp³-hybridized carbons (Fsp3) is 0.500. The molecule has 2 aliphatic carbocycles. The van der Waals surface area contributed by atoms with Crippen molar-refractivity contribution in [3.8, 4) is 0 Å². The molecule has 0 saturated heterocycles. The molecule has 0 spiro atoms. The fourth-order valence-corrected chi connectivity index (χ4v) is 3.72. The molecule has 3 unspecified atom stereocenters. The Labute approximate surface area is 118 Å². The lowest BCUT2D eigenvalue weighted by atomic mass is 9.88. The van der Waals surface area contributed by atoms with Gasteiger partial charge in [-0.3, -0.25) is 9.59 Å². The Bertz CT molecular complexity index is 541. The van der Waals surface area contributed by atoms with Gasteiger partial charge in [0.05, 0.1) is 0 Å². The molecule has 0 aliphatic heterocycles. The van der Waals surface area contributed by atoms with E-state index >= 15 is 0 Å². The van der Waals surface area contributed by atoms with Gasteiger partial charge in [-0.1, -0.05) is 18.6 Å². The second-order valence-electron chi connectivity index (χ2n) is 6.06. The maximum absolute atomic E-state index is 12.2. The lowest BCUT2D eigenvalue weighted by Gasteiger charge is -2.20. The van der Waals surface area contributed by atoms with E-state index in [1.165, 1.54) is 19.3 Å². The quantitative estimate of drug-likeness (QED) is 0.877. The zero-order valence-electron chi connectivity index (χ0n) is 11.5. The number of nitrogens with two attached hydrogens (primary N) is 1. The third kappa shape index (κ3) is 2.55. The Hall–Kier alpha value is -1.84. The average molecular weight is 272 g/mol. The van der Waals surface area contributed by atoms with Crippen LogP contribution in [0.15, 0.2) is 24.3 Å². The van der Waals surface area contributed by atoms with Crippen molar-refractivity contribution in [1.29, 1.82) is 0 Å². The minimum Gasteiger partial charge on any atom is -0.366 e. The number of carbonyl (C=O) groups is 2. The molecular formula is C16H20N2O2. The first-order chi connectivity index (χ1) is 9.63. The van der Waals surface area contributed by atoms with Gasteiger partial charge in [-0.05, 0) is 48.8 Å². The van der Waals surface area contributed by atoms with Gasteiger partial charge in [0.25, 0.3) is 0 Å². The van der Waals surface area contributed by atoms with Crippen molar-refractivity contribution in [3.63, 3.8) is 0 Å². The Morgan fingerprint density at radius 1 is 1.25 bits per heavy atom. The highest BCUT2D eigenvalue weighted by molar-refractivity contribution is 5.92. The van der Waals surface area contributed by atoms with Crippen molar-refractivity contribution in [2.75, 3.05) is 0 Å². The van der Waals surface area contributed by atoms with Crippen LogP contribution < -0.4 is 11.1 Å². The van der Waals surface area contributed by atoms with Crippen molar-refractivity contribution >= 4 is 11.8 Å². The normalized spacial score (nSPS) is 27.5. The molecular weight excluding hydrogens is 252 g/mol. The molecule has 2 amide bonds. The zero-order valence-corrected chi connectivity index (χ0v) is 11.5. The van der Waals surface area contributed by atoms with E-state index in [0.29, 0.717) is 18.0 Å². The first-order valence-electron chi connectivity index (χ1n) is 7.30. The molecule has 4 nitrogen and oxygen atoms in total. The highest BCUT2D eigenvalue weighted by Crippen LogP contribution is 2.48. The molecule has 2 saturated carbocycles. The molecule has 106 valence electrons. The largest absolute Gasteiger partial charge is 0.366 e. The second kappa shape index (κ2) is 5.27. The van der Waals surface area contributed by atoms with Gasteiger partial charge in [-0.25, -0.2) is 0 Å². The molecule has 20 heavy (non-hydrogen) atoms. The van der Waals surface area contributed by atoms with Gasteiger partial charge in [-0.15, -0.1) is 0 Å². The minimum absolute atomic E-state index is 0.168. The van der Waals surface area contributed by atoms with Crippen LogP contribution in [0.2, 0.25) is 0 Å². The first-order valence-corrected chi connectivity index (χ1v) is 7.30. The van der Waals surface area contributed by atoms with Crippen molar-refractivity contribution in [1.82, 2.24) is 5.32 Å². The topological polar surface area (TPSA) is 72.2 Å². The van der Waals surface area contributed by atoms with E-state index in [4.69, 9.17) is 5.73 Å². The fourth-order valence-electron chi connectivity index (χ4n) is 3.72. The van der Waals surface area contributed by atoms with Gasteiger partial charge in [0.1, 0.15) is 0 Å². The number of carbonyl (C=O) groups excluding carboxylic acids is 2. The van der Waals surface area contributed by atoms with Crippen molar-refractivity contribution in [2.45, 2.75) is 32.2 Å². The monoisotopic (exact) mass is 272 g/mol. The number of nitrogens with one attached hydrogen (secondary N) is 1. The highest BCUT2D eigenvalue weighted by Gasteiger charge is 2.42. The lowest BCUT2D eigenvalue weighted by molar-refractivity contribution is -0.126. The Balaban J connectivity index is 1.58. The molecule has 2 fully saturated rings. The standard InChI is InChI=1S/C16H20N2O2/c17-15(19)13-3-1-2-11(7-13)9-18-16(20)14-8-10-4-5-12(14)6-10/h1-3,7,10,12,14H,4-6,8-9H2,(H2,17,19)(H,18,20). The minimum atomic E-state index is -0.439. The predicted octanol–water partition coefficient (Wildman–Crippen LogP) is 1.84. The summed E-state index contributed by atoms with van der Waals surface area (Å²) < 4.78 is 0. The van der Waals surface area contributed by atoms with E-state index in [0.717, 1.165) is 17.9 Å². The van der Waals surface area contributed by atoms with Crippen LogP contribution in [0.4, 0.5) is 0 Å². The summed E-state index contributed by atoms with van der Waals surface area (Å²) in [6.07, 6.45) is 4.79. The lowest BCUT2D eigenvalue weighted by Crippen LogP contribution is -2.33. The van der Waals surface area contributed by atoms with E-state index in [-0.39, 0.29) is 11.8 Å². The number of hydrogen-bond donors (Lipinski definition) is 2. The zero-order chi connectivity index (χ0) is 14.1. The summed E-state index contributed by atoms with van der Waals surface area (Å²) in [5, 5.41) is 3.00. The third-order valence-electron chi connectivity index (χ3n) is 4.75. The van der Waals surface area contributed by atoms with Crippen molar-refractivity contribution in [3.05, 3.63) is 35.4 Å². The van der Waals surface area contributed by atoms with Gasteiger partial charge in [0.15, 0.2) is 0 Å². The van der Waals surface area contributed by atoms with Crippen LogP contribution in [-0.4, -0.2) is 11.8 Å². The molecule has 2 aliphatic rings. The molecule has 3 rings (SSSR count). The summed E-state index contributed by atoms with van der Waals surface area (Å²) in [5.74, 6) is 1.30. The molecule has 1 aromatic carbocycles. The van der Waals surface area contributed by atoms with Crippen LogP contribution in [0.1, 0.15) is 41.6 Å². The summed E-state index contributed by atoms with van der Waals surface area (Å²) in [5.41, 5.74) is 6.65. The molecule has 4 heteroatoms. The van der Waals surface area contributed by atoms with Gasteiger partial charge >= 0.3 is 0 Å². The SMILES string of the molecule is NC(=O)c1cccc(CNC(=O)C2CC3CCC2C3)c1. The number of primary amides is 1. The van der Waals surface area contributed by atoms with Gasteiger partial charge in [0.2, 0.25) is 11.8 Å². The van der Waals surface area contributed by atoms with Crippen LogP contribution in [0, 0.1) is 17.8 Å². The molecule has 3 N–H and O–H groups in total. The number of amides is 2. The Kier molecular flexibility index (Phi) is 3.47. The summed E-state index contributed by atoms with van der Waals surface area (Å²) in [6, 6.07) is 7.11. The maximum atomic E-state index is 12.2. The molecule has 1 aromatic rings. The van der Waals surface area contributed by atoms with E-state index in [9.17, 15) is 9.59 Å². The van der Waals surface area contributed by atoms with E-state index in [1.54, 1.807) is 18.2 Å². The van der Waals surface area contributed by atoms with Gasteiger partial charge in [-0.2, -0.15) is 0 Å². The summed E-state index contributed by atoms with van der Waals surface area (Å²) >= 11 is 0. The van der Waals surface area contributed by atoms with Crippen LogP contribution in [0.25, 0.3) is 0 Å². The van der Waals surface area contributed by atoms with Crippen LogP contribution in [0.5, 0.6) is 0 Å². The molecule has 0 aromatic heterocycles. The van der Waals surface area contributed by atoms with E-state index < -0.39 is 5.91 Å². The van der Waals surface area contributed by atoms with Crippen LogP contribution >= 0.6 is 0 Å². The Morgan fingerprint density at radius 2 is 2.10 bits per heavy atom. The molecule has 2 bridgehead atoms. The molecule has 3 atom stereocenters. The number of fused-ring (bicyclic) bond motifs is 2. The average Bonchev–Trinajstić information content (AvgIpc) is 3.07. The number of hydrogen-bond acceptors (Lipinski definition) is 2.